The van der Waals surface area contributed by atoms with Crippen LogP contribution in [0.3, 0.4) is 0 Å². The number of benzene rings is 4. The van der Waals surface area contributed by atoms with E-state index in [0.29, 0.717) is 11.1 Å². The van der Waals surface area contributed by atoms with Gasteiger partial charge in [0, 0.05) is 11.1 Å². The number of hydrogen-bond donors (Lipinski definition) is 1. The van der Waals surface area contributed by atoms with Crippen molar-refractivity contribution in [1.82, 2.24) is 0 Å². The molecule has 150 valence electrons. The smallest absolute Gasteiger partial charge is 0.282 e. The van der Waals surface area contributed by atoms with Crippen molar-refractivity contribution in [3.8, 4) is 33.4 Å². The molecule has 0 aliphatic rings. The van der Waals surface area contributed by atoms with E-state index in [-0.39, 0.29) is 4.90 Å². The molecule has 0 aliphatic carbocycles. The zero-order valence-corrected chi connectivity index (χ0v) is 17.6. The molecule has 0 heterocycles. The summed E-state index contributed by atoms with van der Waals surface area (Å²) < 4.78 is 35.8. The van der Waals surface area contributed by atoms with Crippen LogP contribution in [0.2, 0.25) is 0 Å². The predicted molar refractivity (Wildman–Crippen MR) is 122 cm³/mol. The van der Waals surface area contributed by atoms with Crippen molar-refractivity contribution in [1.29, 1.82) is 0 Å². The third-order valence-corrected chi connectivity index (χ3v) is 6.32. The Morgan fingerprint density at radius 1 is 0.533 bits per heavy atom. The molecule has 0 fully saturated rings. The second-order valence-corrected chi connectivity index (χ2v) is 8.64. The van der Waals surface area contributed by atoms with E-state index in [2.05, 4.69) is 0 Å². The summed E-state index contributed by atoms with van der Waals surface area (Å²) in [7, 11) is -4.50. The molecule has 0 amide bonds. The first kappa shape index (κ1) is 20.1. The van der Waals surface area contributed by atoms with Crippen LogP contribution in [-0.2, 0) is 10.1 Å². The van der Waals surface area contributed by atoms with E-state index in [1.54, 1.807) is 0 Å². The topological polar surface area (TPSA) is 54.4 Å². The summed E-state index contributed by atoms with van der Waals surface area (Å²) in [5.41, 5.74) is 6.16. The van der Waals surface area contributed by atoms with Gasteiger partial charge in [-0.3, -0.25) is 4.55 Å². The van der Waals surface area contributed by atoms with Gasteiger partial charge in [-0.1, -0.05) is 91.0 Å². The van der Waals surface area contributed by atoms with E-state index >= 15 is 0 Å². The van der Waals surface area contributed by atoms with Crippen LogP contribution < -0.4 is 0 Å². The van der Waals surface area contributed by atoms with E-state index < -0.39 is 10.1 Å². The van der Waals surface area contributed by atoms with Gasteiger partial charge in [-0.2, -0.15) is 8.42 Å². The van der Waals surface area contributed by atoms with Crippen LogP contribution in [0.5, 0.6) is 0 Å². The molecule has 0 atom stereocenters. The van der Waals surface area contributed by atoms with Gasteiger partial charge >= 0.3 is 0 Å². The zero-order valence-electron chi connectivity index (χ0n) is 16.8. The molecule has 3 nitrogen and oxygen atoms in total. The molecule has 4 aromatic carbocycles. The molecule has 0 spiro atoms. The molecule has 1 N–H and O–H groups in total. The van der Waals surface area contributed by atoms with Gasteiger partial charge in [0.1, 0.15) is 4.90 Å². The van der Waals surface area contributed by atoms with Crippen molar-refractivity contribution in [2.24, 2.45) is 0 Å². The third kappa shape index (κ3) is 3.56. The average Bonchev–Trinajstić information content (AvgIpc) is 2.75. The van der Waals surface area contributed by atoms with Crippen LogP contribution in [0.1, 0.15) is 11.1 Å². The Morgan fingerprint density at radius 3 is 1.13 bits per heavy atom. The predicted octanol–water partition coefficient (Wildman–Crippen LogP) is 6.55. The maximum absolute atomic E-state index is 12.7. The molecule has 0 bridgehead atoms. The van der Waals surface area contributed by atoms with Crippen LogP contribution in [-0.4, -0.2) is 13.0 Å². The van der Waals surface area contributed by atoms with Crippen molar-refractivity contribution in [2.75, 3.05) is 0 Å². The van der Waals surface area contributed by atoms with Crippen molar-refractivity contribution in [3.63, 3.8) is 0 Å². The second kappa shape index (κ2) is 7.90. The fraction of sp³-hybridized carbons (Fsp3) is 0.0769. The lowest BCUT2D eigenvalue weighted by atomic mass is 9.84. The largest absolute Gasteiger partial charge is 0.295 e. The molecular weight excluding hydrogens is 392 g/mol. The minimum absolute atomic E-state index is 0.0467. The summed E-state index contributed by atoms with van der Waals surface area (Å²) in [5, 5.41) is 0. The Kier molecular flexibility index (Phi) is 5.29. The van der Waals surface area contributed by atoms with Crippen molar-refractivity contribution < 1.29 is 13.0 Å². The van der Waals surface area contributed by atoms with Gasteiger partial charge in [0.2, 0.25) is 0 Å². The van der Waals surface area contributed by atoms with Gasteiger partial charge in [0.25, 0.3) is 10.1 Å². The van der Waals surface area contributed by atoms with Gasteiger partial charge in [-0.15, -0.1) is 0 Å². The highest BCUT2D eigenvalue weighted by Crippen LogP contribution is 2.45. The monoisotopic (exact) mass is 414 g/mol. The molecule has 0 radical (unpaired) electrons. The average molecular weight is 415 g/mol. The van der Waals surface area contributed by atoms with E-state index in [1.807, 2.05) is 105 Å². The Morgan fingerprint density at radius 2 is 0.833 bits per heavy atom. The SMILES string of the molecule is Cc1c(-c2ccccc2)c(C)c(-c2ccccc2)c(S(=O)(=O)O)c1-c1ccccc1. The fourth-order valence-corrected chi connectivity index (χ4v) is 5.26. The van der Waals surface area contributed by atoms with Crippen LogP contribution in [0.4, 0.5) is 0 Å². The lowest BCUT2D eigenvalue weighted by molar-refractivity contribution is 0.483. The maximum Gasteiger partial charge on any atom is 0.295 e. The lowest BCUT2D eigenvalue weighted by Gasteiger charge is -2.23. The summed E-state index contributed by atoms with van der Waals surface area (Å²) >= 11 is 0. The molecule has 0 saturated heterocycles. The van der Waals surface area contributed by atoms with E-state index in [0.717, 1.165) is 33.4 Å². The minimum atomic E-state index is -4.50. The van der Waals surface area contributed by atoms with Crippen LogP contribution in [0, 0.1) is 13.8 Å². The summed E-state index contributed by atoms with van der Waals surface area (Å²) in [5.74, 6) is 0. The first-order valence-electron chi connectivity index (χ1n) is 9.70. The van der Waals surface area contributed by atoms with Crippen LogP contribution in [0.25, 0.3) is 33.4 Å². The molecular formula is C26H22O3S. The van der Waals surface area contributed by atoms with Gasteiger partial charge in [-0.05, 0) is 47.2 Å². The molecule has 30 heavy (non-hydrogen) atoms. The van der Waals surface area contributed by atoms with Crippen molar-refractivity contribution in [3.05, 3.63) is 102 Å². The van der Waals surface area contributed by atoms with E-state index in [4.69, 9.17) is 0 Å². The molecule has 0 saturated carbocycles. The van der Waals surface area contributed by atoms with Crippen LogP contribution in [0.15, 0.2) is 95.9 Å². The first-order chi connectivity index (χ1) is 14.4. The normalized spacial score (nSPS) is 11.4. The molecule has 4 aromatic rings. The molecule has 0 aliphatic heterocycles. The maximum atomic E-state index is 12.7. The third-order valence-electron chi connectivity index (χ3n) is 5.40. The van der Waals surface area contributed by atoms with Crippen molar-refractivity contribution in [2.45, 2.75) is 18.7 Å². The van der Waals surface area contributed by atoms with Gasteiger partial charge < -0.3 is 0 Å². The summed E-state index contributed by atoms with van der Waals surface area (Å²) in [6, 6.07) is 28.7. The summed E-state index contributed by atoms with van der Waals surface area (Å²) in [6.07, 6.45) is 0. The van der Waals surface area contributed by atoms with Crippen LogP contribution >= 0.6 is 0 Å². The Bertz CT molecular complexity index is 1230. The van der Waals surface area contributed by atoms with E-state index in [1.165, 1.54) is 0 Å². The summed E-state index contributed by atoms with van der Waals surface area (Å²) in [6.45, 7) is 3.84. The highest BCUT2D eigenvalue weighted by molar-refractivity contribution is 7.86. The van der Waals surface area contributed by atoms with Crippen molar-refractivity contribution >= 4 is 10.1 Å². The zero-order chi connectivity index (χ0) is 21.3. The second-order valence-electron chi connectivity index (χ2n) is 7.28. The van der Waals surface area contributed by atoms with Gasteiger partial charge in [0.15, 0.2) is 0 Å². The highest BCUT2D eigenvalue weighted by Gasteiger charge is 2.29. The summed E-state index contributed by atoms with van der Waals surface area (Å²) in [4.78, 5) is -0.0467. The Balaban J connectivity index is 2.25. The Labute approximate surface area is 177 Å². The molecule has 4 heteroatoms. The molecule has 0 unspecified atom stereocenters. The highest BCUT2D eigenvalue weighted by atomic mass is 32.2. The first-order valence-corrected chi connectivity index (χ1v) is 11.1. The number of rotatable bonds is 4. The fourth-order valence-electron chi connectivity index (χ4n) is 4.20. The Hall–Kier alpha value is -3.21. The van der Waals surface area contributed by atoms with E-state index in [9.17, 15) is 13.0 Å². The van der Waals surface area contributed by atoms with Gasteiger partial charge in [-0.25, -0.2) is 0 Å². The molecule has 0 aromatic heterocycles. The molecule has 4 rings (SSSR count). The quantitative estimate of drug-likeness (QED) is 0.385. The number of hydrogen-bond acceptors (Lipinski definition) is 2. The minimum Gasteiger partial charge on any atom is -0.282 e. The van der Waals surface area contributed by atoms with Gasteiger partial charge in [0.05, 0.1) is 0 Å². The standard InChI is InChI=1S/C26H22O3S/c1-18-23(20-12-6-3-7-13-20)19(2)25(22-16-10-5-11-17-22)26(30(27,28)29)24(18)21-14-8-4-9-15-21/h3-17H,1-2H3,(H,27,28,29). The lowest BCUT2D eigenvalue weighted by Crippen LogP contribution is -2.09.